The molecule has 1 N–H and O–H groups in total. The Labute approximate surface area is 202 Å². The Morgan fingerprint density at radius 3 is 2.50 bits per heavy atom. The second-order valence-electron chi connectivity index (χ2n) is 7.25. The minimum absolute atomic E-state index is 0.313. The molecule has 168 valence electrons. The fourth-order valence-electron chi connectivity index (χ4n) is 3.01. The molecule has 5 nitrogen and oxygen atoms in total. The van der Waals surface area contributed by atoms with Crippen molar-refractivity contribution >= 4 is 46.7 Å². The van der Waals surface area contributed by atoms with Gasteiger partial charge in [-0.2, -0.15) is 5.10 Å². The summed E-state index contributed by atoms with van der Waals surface area (Å²) in [5.74, 6) is 0.160. The molecular formula is C24H25Cl2N3O2S. The van der Waals surface area contributed by atoms with Gasteiger partial charge in [-0.15, -0.1) is 11.3 Å². The Morgan fingerprint density at radius 2 is 1.88 bits per heavy atom. The summed E-state index contributed by atoms with van der Waals surface area (Å²) >= 11 is 14.2. The maximum atomic E-state index is 12.4. The zero-order valence-electron chi connectivity index (χ0n) is 18.0. The first-order chi connectivity index (χ1) is 15.5. The number of hydrazone groups is 1. The molecule has 3 rings (SSSR count). The molecule has 1 heterocycles. The minimum Gasteiger partial charge on any atom is -0.490 e. The molecule has 0 aliphatic heterocycles. The van der Waals surface area contributed by atoms with Crippen LogP contribution in [0.4, 0.5) is 0 Å². The smallest absolute Gasteiger partial charge is 0.271 e. The van der Waals surface area contributed by atoms with E-state index in [1.165, 1.54) is 19.1 Å². The third-order valence-corrected chi connectivity index (χ3v) is 6.04. The van der Waals surface area contributed by atoms with Crippen molar-refractivity contribution in [2.24, 2.45) is 5.10 Å². The number of unbranched alkanes of at least 4 members (excludes halogenated alkanes) is 3. The highest BCUT2D eigenvalue weighted by Crippen LogP contribution is 2.34. The number of amides is 1. The van der Waals surface area contributed by atoms with Crippen molar-refractivity contribution < 1.29 is 9.53 Å². The molecule has 0 radical (unpaired) electrons. The summed E-state index contributed by atoms with van der Waals surface area (Å²) in [6, 6.07) is 10.6. The molecule has 0 fully saturated rings. The van der Waals surface area contributed by atoms with Gasteiger partial charge >= 0.3 is 0 Å². The number of rotatable bonds is 10. The van der Waals surface area contributed by atoms with Crippen LogP contribution in [0.25, 0.3) is 11.3 Å². The number of halogens is 2. The molecule has 0 unspecified atom stereocenters. The van der Waals surface area contributed by atoms with Crippen molar-refractivity contribution in [3.8, 4) is 17.0 Å². The Balaban J connectivity index is 1.56. The van der Waals surface area contributed by atoms with E-state index in [2.05, 4.69) is 22.4 Å². The van der Waals surface area contributed by atoms with Crippen LogP contribution in [-0.2, 0) is 0 Å². The van der Waals surface area contributed by atoms with Gasteiger partial charge in [-0.3, -0.25) is 4.79 Å². The molecule has 0 bridgehead atoms. The van der Waals surface area contributed by atoms with Gasteiger partial charge in [-0.25, -0.2) is 10.4 Å². The summed E-state index contributed by atoms with van der Waals surface area (Å²) < 4.78 is 5.73. The first-order valence-electron chi connectivity index (χ1n) is 10.5. The molecule has 3 aromatic rings. The SMILES string of the molecule is CCCCCCOc1c(Cl)cc(C=NNC(=O)c2ccc(-c3csc(C)n3)cc2)cc1Cl. The average molecular weight is 490 g/mol. The number of ether oxygens (including phenoxy) is 1. The first-order valence-corrected chi connectivity index (χ1v) is 12.1. The van der Waals surface area contributed by atoms with Gasteiger partial charge in [0.15, 0.2) is 5.75 Å². The molecule has 0 aliphatic carbocycles. The Kier molecular flexibility index (Phi) is 9.09. The van der Waals surface area contributed by atoms with Crippen LogP contribution in [0.5, 0.6) is 5.75 Å². The number of aryl methyl sites for hydroxylation is 1. The molecule has 0 saturated heterocycles. The third-order valence-electron chi connectivity index (χ3n) is 4.71. The number of carbonyl (C=O) groups excluding carboxylic acids is 1. The quantitative estimate of drug-likeness (QED) is 0.187. The predicted octanol–water partition coefficient (Wildman–Crippen LogP) is 7.15. The van der Waals surface area contributed by atoms with E-state index < -0.39 is 0 Å². The molecule has 1 aromatic heterocycles. The molecule has 0 aliphatic rings. The normalized spacial score (nSPS) is 11.1. The van der Waals surface area contributed by atoms with Crippen LogP contribution in [0.3, 0.4) is 0 Å². The number of hydrogen-bond acceptors (Lipinski definition) is 5. The van der Waals surface area contributed by atoms with E-state index >= 15 is 0 Å². The van der Waals surface area contributed by atoms with Gasteiger partial charge in [-0.1, -0.05) is 61.5 Å². The fourth-order valence-corrected chi connectivity index (χ4v) is 4.25. The largest absolute Gasteiger partial charge is 0.490 e. The topological polar surface area (TPSA) is 63.6 Å². The average Bonchev–Trinajstić information content (AvgIpc) is 3.21. The van der Waals surface area contributed by atoms with Crippen molar-refractivity contribution in [3.63, 3.8) is 0 Å². The number of benzene rings is 2. The molecule has 1 amide bonds. The summed E-state index contributed by atoms with van der Waals surface area (Å²) in [6.45, 7) is 4.70. The zero-order valence-corrected chi connectivity index (χ0v) is 20.4. The summed E-state index contributed by atoms with van der Waals surface area (Å²) in [5.41, 5.74) is 5.55. The number of aromatic nitrogens is 1. The predicted molar refractivity (Wildman–Crippen MR) is 133 cm³/mol. The van der Waals surface area contributed by atoms with Gasteiger partial charge in [0.1, 0.15) is 0 Å². The highest BCUT2D eigenvalue weighted by Gasteiger charge is 2.10. The van der Waals surface area contributed by atoms with Crippen molar-refractivity contribution in [2.45, 2.75) is 39.5 Å². The van der Waals surface area contributed by atoms with Gasteiger partial charge in [0, 0.05) is 16.5 Å². The van der Waals surface area contributed by atoms with Crippen LogP contribution in [0.1, 0.15) is 53.5 Å². The molecule has 8 heteroatoms. The Bertz CT molecular complexity index is 1060. The third kappa shape index (κ3) is 6.79. The Hall–Kier alpha value is -2.41. The number of nitrogens with one attached hydrogen (secondary N) is 1. The van der Waals surface area contributed by atoms with Crippen molar-refractivity contribution in [2.75, 3.05) is 6.61 Å². The lowest BCUT2D eigenvalue weighted by molar-refractivity contribution is 0.0955. The second-order valence-corrected chi connectivity index (χ2v) is 9.13. The van der Waals surface area contributed by atoms with Gasteiger partial charge in [-0.05, 0) is 43.2 Å². The van der Waals surface area contributed by atoms with Gasteiger partial charge in [0.05, 0.1) is 33.6 Å². The Morgan fingerprint density at radius 1 is 1.16 bits per heavy atom. The minimum atomic E-state index is -0.313. The van der Waals surface area contributed by atoms with Gasteiger partial charge in [0.25, 0.3) is 5.91 Å². The lowest BCUT2D eigenvalue weighted by atomic mass is 10.1. The van der Waals surface area contributed by atoms with Crippen molar-refractivity contribution in [1.29, 1.82) is 0 Å². The van der Waals surface area contributed by atoms with Crippen LogP contribution in [0.2, 0.25) is 10.0 Å². The number of carbonyl (C=O) groups is 1. The van der Waals surface area contributed by atoms with E-state index in [9.17, 15) is 4.79 Å². The maximum Gasteiger partial charge on any atom is 0.271 e. The van der Waals surface area contributed by atoms with E-state index in [4.69, 9.17) is 27.9 Å². The lowest BCUT2D eigenvalue weighted by Gasteiger charge is -2.10. The molecule has 0 spiro atoms. The van der Waals surface area contributed by atoms with Crippen LogP contribution in [-0.4, -0.2) is 23.7 Å². The lowest BCUT2D eigenvalue weighted by Crippen LogP contribution is -2.17. The van der Waals surface area contributed by atoms with Crippen LogP contribution < -0.4 is 10.2 Å². The molecular weight excluding hydrogens is 465 g/mol. The summed E-state index contributed by atoms with van der Waals surface area (Å²) in [7, 11) is 0. The number of nitrogens with zero attached hydrogens (tertiary/aromatic N) is 2. The van der Waals surface area contributed by atoms with Crippen LogP contribution in [0.15, 0.2) is 46.9 Å². The highest BCUT2D eigenvalue weighted by molar-refractivity contribution is 7.09. The number of hydrogen-bond donors (Lipinski definition) is 1. The monoisotopic (exact) mass is 489 g/mol. The van der Waals surface area contributed by atoms with Crippen molar-refractivity contribution in [1.82, 2.24) is 10.4 Å². The van der Waals surface area contributed by atoms with Crippen LogP contribution in [0, 0.1) is 6.92 Å². The van der Waals surface area contributed by atoms with Crippen molar-refractivity contribution in [3.05, 3.63) is 68.0 Å². The summed E-state index contributed by atoms with van der Waals surface area (Å²) in [4.78, 5) is 16.8. The maximum absolute atomic E-state index is 12.4. The van der Waals surface area contributed by atoms with E-state index in [1.54, 1.807) is 35.6 Å². The highest BCUT2D eigenvalue weighted by atomic mass is 35.5. The molecule has 32 heavy (non-hydrogen) atoms. The fraction of sp³-hybridized carbons (Fsp3) is 0.292. The number of thiazole rings is 1. The molecule has 0 saturated carbocycles. The second kappa shape index (κ2) is 12.0. The van der Waals surface area contributed by atoms with E-state index in [0.717, 1.165) is 29.1 Å². The van der Waals surface area contributed by atoms with Gasteiger partial charge in [0.2, 0.25) is 0 Å². The van der Waals surface area contributed by atoms with Gasteiger partial charge < -0.3 is 4.74 Å². The zero-order chi connectivity index (χ0) is 22.9. The first kappa shape index (κ1) is 24.2. The summed E-state index contributed by atoms with van der Waals surface area (Å²) in [5, 5.41) is 7.83. The molecule has 2 aromatic carbocycles. The standard InChI is InChI=1S/C24H25Cl2N3O2S/c1-3-4-5-6-11-31-23-20(25)12-17(13-21(23)26)14-27-29-24(30)19-9-7-18(8-10-19)22-15-32-16(2)28-22/h7-10,12-15H,3-6,11H2,1-2H3,(H,29,30). The van der Waals surface area contributed by atoms with Crippen LogP contribution >= 0.6 is 34.5 Å². The van der Waals surface area contributed by atoms with E-state index in [1.807, 2.05) is 24.4 Å². The van der Waals surface area contributed by atoms with E-state index in [0.29, 0.717) is 33.5 Å². The molecule has 0 atom stereocenters. The summed E-state index contributed by atoms with van der Waals surface area (Å²) in [6.07, 6.45) is 5.92. The van der Waals surface area contributed by atoms with E-state index in [-0.39, 0.29) is 5.91 Å².